The van der Waals surface area contributed by atoms with E-state index in [1.54, 1.807) is 0 Å². The fraction of sp³-hybridized carbons (Fsp3) is 0.909. The van der Waals surface area contributed by atoms with Gasteiger partial charge in [-0.3, -0.25) is 14.4 Å². The lowest BCUT2D eigenvalue weighted by atomic mass is 10.0. The minimum Gasteiger partial charge on any atom is -0.462 e. The zero-order valence-electron chi connectivity index (χ0n) is 41.2. The van der Waals surface area contributed by atoms with Gasteiger partial charge in [-0.25, -0.2) is 0 Å². The number of rotatable bonds is 50. The molecule has 0 aromatic rings. The van der Waals surface area contributed by atoms with E-state index in [0.29, 0.717) is 19.3 Å². The molecule has 0 N–H and O–H groups in total. The van der Waals surface area contributed by atoms with Crippen LogP contribution in [0.3, 0.4) is 0 Å². The van der Waals surface area contributed by atoms with E-state index in [2.05, 4.69) is 32.9 Å². The summed E-state index contributed by atoms with van der Waals surface area (Å²) in [4.78, 5) is 37.8. The standard InChI is InChI=1S/C55H104O6/c1-4-7-10-13-16-18-20-22-24-26-27-28-29-30-32-33-35-37-39-42-45-48-54(57)60-51-52(50-59-53(56)47-44-41-15-12-9-6-3)61-55(58)49-46-43-40-38-36-34-31-25-23-21-19-17-14-11-8-5-2/h25,31,52H,4-24,26-30,32-51H2,1-3H3/b31-25-. The fourth-order valence-corrected chi connectivity index (χ4v) is 8.14. The first-order valence-electron chi connectivity index (χ1n) is 27.2. The average molecular weight is 861 g/mol. The number of carbonyl (C=O) groups excluding carboxylic acids is 3. The van der Waals surface area contributed by atoms with Crippen molar-refractivity contribution >= 4 is 17.9 Å². The zero-order valence-corrected chi connectivity index (χ0v) is 41.2. The Balaban J connectivity index is 4.12. The molecule has 0 aliphatic rings. The van der Waals surface area contributed by atoms with Crippen LogP contribution in [0, 0.1) is 0 Å². The fourth-order valence-electron chi connectivity index (χ4n) is 8.14. The third-order valence-electron chi connectivity index (χ3n) is 12.3. The second-order valence-corrected chi connectivity index (χ2v) is 18.5. The van der Waals surface area contributed by atoms with Crippen LogP contribution in [0.4, 0.5) is 0 Å². The summed E-state index contributed by atoms with van der Waals surface area (Å²) < 4.78 is 16.7. The van der Waals surface area contributed by atoms with Crippen LogP contribution in [0.25, 0.3) is 0 Å². The van der Waals surface area contributed by atoms with Crippen molar-refractivity contribution in [1.82, 2.24) is 0 Å². The first-order valence-corrected chi connectivity index (χ1v) is 27.2. The van der Waals surface area contributed by atoms with Crippen molar-refractivity contribution < 1.29 is 28.6 Å². The van der Waals surface area contributed by atoms with Gasteiger partial charge in [0.2, 0.25) is 0 Å². The van der Waals surface area contributed by atoms with Crippen molar-refractivity contribution in [2.45, 2.75) is 309 Å². The third kappa shape index (κ3) is 49.0. The van der Waals surface area contributed by atoms with Gasteiger partial charge in [0.25, 0.3) is 0 Å². The van der Waals surface area contributed by atoms with E-state index in [1.807, 2.05) is 0 Å². The molecule has 0 rings (SSSR count). The molecule has 1 atom stereocenters. The lowest BCUT2D eigenvalue weighted by molar-refractivity contribution is -0.167. The van der Waals surface area contributed by atoms with E-state index < -0.39 is 6.10 Å². The van der Waals surface area contributed by atoms with Crippen molar-refractivity contribution in [3.05, 3.63) is 12.2 Å². The maximum Gasteiger partial charge on any atom is 0.306 e. The van der Waals surface area contributed by atoms with Crippen LogP contribution < -0.4 is 0 Å². The maximum atomic E-state index is 12.7. The minimum absolute atomic E-state index is 0.0688. The summed E-state index contributed by atoms with van der Waals surface area (Å²) in [6, 6.07) is 0. The number of ether oxygens (including phenoxy) is 3. The van der Waals surface area contributed by atoms with Gasteiger partial charge in [-0.15, -0.1) is 0 Å². The van der Waals surface area contributed by atoms with Gasteiger partial charge < -0.3 is 14.2 Å². The zero-order chi connectivity index (χ0) is 44.4. The van der Waals surface area contributed by atoms with Crippen LogP contribution in [0.15, 0.2) is 12.2 Å². The molecule has 61 heavy (non-hydrogen) atoms. The molecule has 6 nitrogen and oxygen atoms in total. The molecular formula is C55H104O6. The normalized spacial score (nSPS) is 12.0. The summed E-state index contributed by atoms with van der Waals surface area (Å²) in [6.07, 6.45) is 56.6. The topological polar surface area (TPSA) is 78.9 Å². The molecule has 0 aliphatic carbocycles. The minimum atomic E-state index is -0.766. The number of esters is 3. The van der Waals surface area contributed by atoms with Crippen LogP contribution in [-0.4, -0.2) is 37.2 Å². The van der Waals surface area contributed by atoms with Gasteiger partial charge in [-0.2, -0.15) is 0 Å². The number of hydrogen-bond donors (Lipinski definition) is 0. The van der Waals surface area contributed by atoms with Gasteiger partial charge in [0.15, 0.2) is 6.10 Å². The van der Waals surface area contributed by atoms with E-state index in [-0.39, 0.29) is 31.1 Å². The van der Waals surface area contributed by atoms with Crippen molar-refractivity contribution in [2.75, 3.05) is 13.2 Å². The highest BCUT2D eigenvalue weighted by Gasteiger charge is 2.19. The molecule has 0 bridgehead atoms. The van der Waals surface area contributed by atoms with Crippen LogP contribution >= 0.6 is 0 Å². The number of allylic oxidation sites excluding steroid dienone is 2. The summed E-state index contributed by atoms with van der Waals surface area (Å²) in [5.41, 5.74) is 0. The average Bonchev–Trinajstić information content (AvgIpc) is 3.26. The van der Waals surface area contributed by atoms with Crippen molar-refractivity contribution in [1.29, 1.82) is 0 Å². The molecule has 6 heteroatoms. The highest BCUT2D eigenvalue weighted by molar-refractivity contribution is 5.71. The molecule has 0 amide bonds. The van der Waals surface area contributed by atoms with Gasteiger partial charge in [0, 0.05) is 19.3 Å². The molecule has 0 heterocycles. The molecule has 0 aliphatic heterocycles. The Morgan fingerprint density at radius 2 is 0.541 bits per heavy atom. The molecule has 0 radical (unpaired) electrons. The first kappa shape index (κ1) is 59.1. The Morgan fingerprint density at radius 1 is 0.311 bits per heavy atom. The van der Waals surface area contributed by atoms with E-state index in [1.165, 1.54) is 199 Å². The van der Waals surface area contributed by atoms with Crippen molar-refractivity contribution in [3.63, 3.8) is 0 Å². The molecule has 0 aromatic carbocycles. The summed E-state index contributed by atoms with van der Waals surface area (Å²) >= 11 is 0. The third-order valence-corrected chi connectivity index (χ3v) is 12.3. The summed E-state index contributed by atoms with van der Waals surface area (Å²) in [7, 11) is 0. The highest BCUT2D eigenvalue weighted by atomic mass is 16.6. The van der Waals surface area contributed by atoms with Crippen LogP contribution in [0.1, 0.15) is 303 Å². The van der Waals surface area contributed by atoms with Gasteiger partial charge in [0.05, 0.1) is 0 Å². The van der Waals surface area contributed by atoms with Crippen molar-refractivity contribution in [2.24, 2.45) is 0 Å². The highest BCUT2D eigenvalue weighted by Crippen LogP contribution is 2.17. The monoisotopic (exact) mass is 861 g/mol. The van der Waals surface area contributed by atoms with Gasteiger partial charge >= 0.3 is 17.9 Å². The summed E-state index contributed by atoms with van der Waals surface area (Å²) in [5.74, 6) is -0.870. The number of hydrogen-bond acceptors (Lipinski definition) is 6. The Kier molecular flexibility index (Phi) is 49.3. The molecular weight excluding hydrogens is 757 g/mol. The Hall–Kier alpha value is -1.85. The molecule has 360 valence electrons. The van der Waals surface area contributed by atoms with E-state index in [9.17, 15) is 14.4 Å². The van der Waals surface area contributed by atoms with E-state index in [0.717, 1.165) is 64.2 Å². The Labute approximate surface area is 380 Å². The van der Waals surface area contributed by atoms with E-state index in [4.69, 9.17) is 14.2 Å². The van der Waals surface area contributed by atoms with Crippen molar-refractivity contribution in [3.8, 4) is 0 Å². The lowest BCUT2D eigenvalue weighted by Crippen LogP contribution is -2.30. The van der Waals surface area contributed by atoms with Crippen LogP contribution in [0.5, 0.6) is 0 Å². The van der Waals surface area contributed by atoms with Gasteiger partial charge in [-0.1, -0.05) is 251 Å². The smallest absolute Gasteiger partial charge is 0.306 e. The van der Waals surface area contributed by atoms with Gasteiger partial charge in [-0.05, 0) is 44.9 Å². The second kappa shape index (κ2) is 50.8. The number of carbonyl (C=O) groups is 3. The maximum absolute atomic E-state index is 12.7. The lowest BCUT2D eigenvalue weighted by Gasteiger charge is -2.18. The summed E-state index contributed by atoms with van der Waals surface area (Å²) in [5, 5.41) is 0. The Bertz CT molecular complexity index is 947. The Morgan fingerprint density at radius 3 is 0.820 bits per heavy atom. The summed E-state index contributed by atoms with van der Waals surface area (Å²) in [6.45, 7) is 6.61. The first-order chi connectivity index (χ1) is 30.0. The number of unbranched alkanes of at least 4 members (excludes halogenated alkanes) is 37. The molecule has 0 saturated carbocycles. The molecule has 0 spiro atoms. The SMILES string of the molecule is CCCCCCCCC/C=C\CCCCCCCC(=O)OC(COC(=O)CCCCCCCC)COC(=O)CCCCCCCCCCCCCCCCCCCCCCC. The quantitative estimate of drug-likeness (QED) is 0.0262. The largest absolute Gasteiger partial charge is 0.462 e. The second-order valence-electron chi connectivity index (χ2n) is 18.5. The molecule has 0 fully saturated rings. The molecule has 1 unspecified atom stereocenters. The van der Waals surface area contributed by atoms with Gasteiger partial charge in [0.1, 0.15) is 13.2 Å². The predicted molar refractivity (Wildman–Crippen MR) is 261 cm³/mol. The molecule has 0 saturated heterocycles. The predicted octanol–water partition coefficient (Wildman–Crippen LogP) is 17.8. The van der Waals surface area contributed by atoms with Crippen LogP contribution in [0.2, 0.25) is 0 Å². The molecule has 0 aromatic heterocycles. The van der Waals surface area contributed by atoms with Crippen LogP contribution in [-0.2, 0) is 28.6 Å². The van der Waals surface area contributed by atoms with E-state index >= 15 is 0 Å².